The second kappa shape index (κ2) is 8.38. The van der Waals surface area contributed by atoms with Crippen molar-refractivity contribution >= 4 is 40.3 Å². The molecule has 2 aromatic rings. The Morgan fingerprint density at radius 2 is 1.88 bits per heavy atom. The van der Waals surface area contributed by atoms with Gasteiger partial charge in [-0.25, -0.2) is 0 Å². The fourth-order valence-corrected chi connectivity index (χ4v) is 3.60. The summed E-state index contributed by atoms with van der Waals surface area (Å²) in [4.78, 5) is 14.2. The Balaban J connectivity index is 1.63. The minimum absolute atomic E-state index is 0.0856. The molecule has 0 aliphatic carbocycles. The topological polar surface area (TPSA) is 38.8 Å². The van der Waals surface area contributed by atoms with E-state index in [-0.39, 0.29) is 5.91 Å². The molecule has 0 unspecified atom stereocenters. The summed E-state index contributed by atoms with van der Waals surface area (Å²) < 4.78 is 12.1. The molecule has 0 aromatic heterocycles. The van der Waals surface area contributed by atoms with Gasteiger partial charge in [-0.15, -0.1) is 0 Å². The van der Waals surface area contributed by atoms with Gasteiger partial charge in [0.05, 0.1) is 4.91 Å². The van der Waals surface area contributed by atoms with Gasteiger partial charge in [0.2, 0.25) is 0 Å². The Hall–Kier alpha value is -2.31. The number of hydrogen-bond acceptors (Lipinski definition) is 5. The highest BCUT2D eigenvalue weighted by Crippen LogP contribution is 2.33. The molecule has 1 saturated heterocycles. The summed E-state index contributed by atoms with van der Waals surface area (Å²) in [7, 11) is 1.68. The average Bonchev–Trinajstić information content (AvgIpc) is 2.87. The molecule has 0 spiro atoms. The van der Waals surface area contributed by atoms with Crippen molar-refractivity contribution in [1.29, 1.82) is 0 Å². The first-order chi connectivity index (χ1) is 12.5. The maximum atomic E-state index is 12.2. The molecule has 134 valence electrons. The molecule has 1 fully saturated rings. The maximum absolute atomic E-state index is 12.2. The van der Waals surface area contributed by atoms with Crippen molar-refractivity contribution in [2.45, 2.75) is 6.92 Å². The first-order valence-electron chi connectivity index (χ1n) is 8.17. The predicted octanol–water partition coefficient (Wildman–Crippen LogP) is 4.28. The first kappa shape index (κ1) is 18.5. The summed E-state index contributed by atoms with van der Waals surface area (Å²) in [6, 6.07) is 15.5. The zero-order chi connectivity index (χ0) is 18.5. The Kier molecular flexibility index (Phi) is 5.96. The van der Waals surface area contributed by atoms with Crippen molar-refractivity contribution < 1.29 is 14.3 Å². The van der Waals surface area contributed by atoms with E-state index in [1.54, 1.807) is 7.05 Å². The van der Waals surface area contributed by atoms with Gasteiger partial charge in [-0.05, 0) is 36.8 Å². The molecule has 0 bridgehead atoms. The zero-order valence-corrected chi connectivity index (χ0v) is 16.2. The van der Waals surface area contributed by atoms with Crippen LogP contribution in [0.3, 0.4) is 0 Å². The van der Waals surface area contributed by atoms with Crippen molar-refractivity contribution in [1.82, 2.24) is 4.90 Å². The van der Waals surface area contributed by atoms with E-state index in [1.165, 1.54) is 16.7 Å². The molecule has 1 amide bonds. The molecule has 2 aromatic carbocycles. The number of likely N-dealkylation sites (N-methyl/N-ethyl adjacent to an activating group) is 1. The summed E-state index contributed by atoms with van der Waals surface area (Å²) in [6.45, 7) is 2.88. The van der Waals surface area contributed by atoms with Gasteiger partial charge in [-0.2, -0.15) is 0 Å². The van der Waals surface area contributed by atoms with Crippen molar-refractivity contribution in [3.05, 3.63) is 64.6 Å². The van der Waals surface area contributed by atoms with Crippen molar-refractivity contribution in [2.75, 3.05) is 20.3 Å². The minimum atomic E-state index is -0.0856. The third kappa shape index (κ3) is 4.45. The summed E-state index contributed by atoms with van der Waals surface area (Å²) in [5, 5.41) is 0. The average molecular weight is 386 g/mol. The third-order valence-electron chi connectivity index (χ3n) is 3.79. The number of thioether (sulfide) groups is 1. The van der Waals surface area contributed by atoms with E-state index in [4.69, 9.17) is 21.7 Å². The van der Waals surface area contributed by atoms with Gasteiger partial charge in [0.15, 0.2) is 0 Å². The van der Waals surface area contributed by atoms with Crippen LogP contribution in [-0.2, 0) is 4.79 Å². The fraction of sp³-hybridized carbons (Fsp3) is 0.200. The summed E-state index contributed by atoms with van der Waals surface area (Å²) >= 11 is 6.47. The largest absolute Gasteiger partial charge is 0.490 e. The van der Waals surface area contributed by atoms with Gasteiger partial charge in [0.1, 0.15) is 29.0 Å². The van der Waals surface area contributed by atoms with Gasteiger partial charge in [0, 0.05) is 12.6 Å². The normalized spacial score (nSPS) is 15.6. The van der Waals surface area contributed by atoms with Crippen LogP contribution in [0.15, 0.2) is 53.4 Å². The smallest absolute Gasteiger partial charge is 0.265 e. The third-order valence-corrected chi connectivity index (χ3v) is 5.28. The van der Waals surface area contributed by atoms with Crippen molar-refractivity contribution in [2.24, 2.45) is 0 Å². The number of para-hydroxylation sites is 1. The van der Waals surface area contributed by atoms with E-state index in [9.17, 15) is 4.79 Å². The number of benzene rings is 2. The van der Waals surface area contributed by atoms with Crippen LogP contribution >= 0.6 is 24.0 Å². The lowest BCUT2D eigenvalue weighted by molar-refractivity contribution is -0.121. The molecule has 4 nitrogen and oxygen atoms in total. The SMILES string of the molecule is Cc1cccc(OCCOc2ccccc2/C=C2\SC(=S)N(C)C2=O)c1. The molecule has 6 heteroatoms. The number of carbonyl (C=O) groups excluding carboxylic acids is 1. The maximum Gasteiger partial charge on any atom is 0.265 e. The van der Waals surface area contributed by atoms with Crippen LogP contribution in [0.5, 0.6) is 11.5 Å². The lowest BCUT2D eigenvalue weighted by atomic mass is 10.2. The summed E-state index contributed by atoms with van der Waals surface area (Å²) in [6.07, 6.45) is 1.82. The van der Waals surface area contributed by atoms with Crippen LogP contribution < -0.4 is 9.47 Å². The van der Waals surface area contributed by atoms with Gasteiger partial charge >= 0.3 is 0 Å². The van der Waals surface area contributed by atoms with Crippen LogP contribution in [0.4, 0.5) is 0 Å². The molecule has 26 heavy (non-hydrogen) atoms. The van der Waals surface area contributed by atoms with Crippen LogP contribution in [0.25, 0.3) is 6.08 Å². The van der Waals surface area contributed by atoms with Crippen molar-refractivity contribution in [3.63, 3.8) is 0 Å². The highest BCUT2D eigenvalue weighted by Gasteiger charge is 2.28. The Bertz CT molecular complexity index is 864. The number of ether oxygens (including phenoxy) is 2. The number of amides is 1. The van der Waals surface area contributed by atoms with Crippen LogP contribution in [-0.4, -0.2) is 35.4 Å². The van der Waals surface area contributed by atoms with E-state index >= 15 is 0 Å². The monoisotopic (exact) mass is 385 g/mol. The molecule has 0 radical (unpaired) electrons. The Labute approximate surface area is 162 Å². The van der Waals surface area contributed by atoms with Gasteiger partial charge in [0.25, 0.3) is 5.91 Å². The minimum Gasteiger partial charge on any atom is -0.490 e. The number of nitrogens with zero attached hydrogens (tertiary/aromatic N) is 1. The first-order valence-corrected chi connectivity index (χ1v) is 9.40. The number of hydrogen-bond donors (Lipinski definition) is 0. The number of thiocarbonyl (C=S) groups is 1. The molecule has 3 rings (SSSR count). The molecule has 0 N–H and O–H groups in total. The van der Waals surface area contributed by atoms with Gasteiger partial charge in [-0.3, -0.25) is 9.69 Å². The highest BCUT2D eigenvalue weighted by molar-refractivity contribution is 8.26. The fourth-order valence-electron chi connectivity index (χ4n) is 2.43. The van der Waals surface area contributed by atoms with E-state index in [0.717, 1.165) is 16.9 Å². The molecule has 0 saturated carbocycles. The highest BCUT2D eigenvalue weighted by atomic mass is 32.2. The molecular weight excluding hydrogens is 366 g/mol. The predicted molar refractivity (Wildman–Crippen MR) is 110 cm³/mol. The van der Waals surface area contributed by atoms with Gasteiger partial charge in [-0.1, -0.05) is 54.3 Å². The standard InChI is InChI=1S/C20H19NO3S2/c1-14-6-5-8-16(12-14)23-10-11-24-17-9-4-3-7-15(17)13-18-19(22)21(2)20(25)26-18/h3-9,12-13H,10-11H2,1-2H3/b18-13-. The zero-order valence-electron chi connectivity index (χ0n) is 14.6. The molecule has 1 heterocycles. The van der Waals surface area contributed by atoms with Crippen LogP contribution in [0.1, 0.15) is 11.1 Å². The molecule has 0 atom stereocenters. The molecule has 1 aliphatic heterocycles. The second-order valence-electron chi connectivity index (χ2n) is 5.79. The van der Waals surface area contributed by atoms with Crippen LogP contribution in [0.2, 0.25) is 0 Å². The Morgan fingerprint density at radius 3 is 2.62 bits per heavy atom. The summed E-state index contributed by atoms with van der Waals surface area (Å²) in [5.41, 5.74) is 2.00. The Morgan fingerprint density at radius 1 is 1.12 bits per heavy atom. The quantitative estimate of drug-likeness (QED) is 0.421. The molecular formula is C20H19NO3S2. The molecule has 1 aliphatic rings. The number of rotatable bonds is 6. The van der Waals surface area contributed by atoms with Gasteiger partial charge < -0.3 is 9.47 Å². The van der Waals surface area contributed by atoms with E-state index < -0.39 is 0 Å². The van der Waals surface area contributed by atoms with E-state index in [2.05, 4.69) is 0 Å². The van der Waals surface area contributed by atoms with Crippen LogP contribution in [0, 0.1) is 6.92 Å². The number of aryl methyl sites for hydroxylation is 1. The summed E-state index contributed by atoms with van der Waals surface area (Å²) in [5.74, 6) is 1.45. The van der Waals surface area contributed by atoms with E-state index in [1.807, 2.05) is 61.5 Å². The van der Waals surface area contributed by atoms with Crippen molar-refractivity contribution in [3.8, 4) is 11.5 Å². The lowest BCUT2D eigenvalue weighted by Crippen LogP contribution is -2.22. The lowest BCUT2D eigenvalue weighted by Gasteiger charge is -2.11. The van der Waals surface area contributed by atoms with E-state index in [0.29, 0.717) is 28.2 Å². The number of carbonyl (C=O) groups is 1. The second-order valence-corrected chi connectivity index (χ2v) is 7.47.